The zero-order valence-electron chi connectivity index (χ0n) is 21.0. The van der Waals surface area contributed by atoms with E-state index in [9.17, 15) is 10.2 Å². The molecular formula is C30H38IrNO2-. The Morgan fingerprint density at radius 3 is 2.24 bits per heavy atom. The third-order valence-corrected chi connectivity index (χ3v) is 8.02. The summed E-state index contributed by atoms with van der Waals surface area (Å²) in [5, 5.41) is 23.4. The number of benzene rings is 2. The van der Waals surface area contributed by atoms with Gasteiger partial charge in [0.1, 0.15) is 0 Å². The fourth-order valence-corrected chi connectivity index (χ4v) is 6.01. The van der Waals surface area contributed by atoms with Gasteiger partial charge >= 0.3 is 0 Å². The van der Waals surface area contributed by atoms with E-state index in [0.29, 0.717) is 5.92 Å². The van der Waals surface area contributed by atoms with Crippen molar-refractivity contribution in [2.75, 3.05) is 0 Å². The maximum absolute atomic E-state index is 10.5. The van der Waals surface area contributed by atoms with Crippen molar-refractivity contribution in [3.63, 3.8) is 0 Å². The first-order chi connectivity index (χ1) is 15.6. The minimum Gasteiger partial charge on any atom is -0.392 e. The summed E-state index contributed by atoms with van der Waals surface area (Å²) in [6.45, 7) is 10.6. The van der Waals surface area contributed by atoms with Crippen LogP contribution in [0, 0.1) is 35.7 Å². The second-order valence-corrected chi connectivity index (χ2v) is 11.4. The molecule has 0 amide bonds. The Morgan fingerprint density at radius 2 is 1.56 bits per heavy atom. The van der Waals surface area contributed by atoms with E-state index in [1.165, 1.54) is 29.2 Å². The minimum absolute atomic E-state index is 0. The Labute approximate surface area is 218 Å². The molecule has 3 nitrogen and oxygen atoms in total. The number of aromatic nitrogens is 1. The first-order valence-electron chi connectivity index (χ1n) is 12.3. The largest absolute Gasteiger partial charge is 0.392 e. The van der Waals surface area contributed by atoms with E-state index in [1.54, 1.807) is 0 Å². The molecule has 2 saturated carbocycles. The van der Waals surface area contributed by atoms with Crippen molar-refractivity contribution in [1.29, 1.82) is 0 Å². The van der Waals surface area contributed by atoms with Crippen molar-refractivity contribution in [1.82, 2.24) is 4.98 Å². The predicted molar refractivity (Wildman–Crippen MR) is 136 cm³/mol. The Bertz CT molecular complexity index is 1100. The summed E-state index contributed by atoms with van der Waals surface area (Å²) < 4.78 is 0. The Kier molecular flexibility index (Phi) is 8.41. The van der Waals surface area contributed by atoms with E-state index in [1.807, 2.05) is 30.5 Å². The van der Waals surface area contributed by atoms with Crippen LogP contribution in [-0.4, -0.2) is 27.4 Å². The Balaban J connectivity index is 0.000000186. The molecule has 2 fully saturated rings. The molecular weight excluding hydrogens is 599 g/mol. The van der Waals surface area contributed by atoms with Crippen LogP contribution in [0.1, 0.15) is 58.9 Å². The maximum Gasteiger partial charge on any atom is 0.0646 e. The minimum atomic E-state index is -0.350. The van der Waals surface area contributed by atoms with Gasteiger partial charge in [0.05, 0.1) is 12.2 Å². The zero-order chi connectivity index (χ0) is 23.8. The van der Waals surface area contributed by atoms with Crippen molar-refractivity contribution in [3.8, 4) is 11.3 Å². The van der Waals surface area contributed by atoms with Crippen molar-refractivity contribution in [2.24, 2.45) is 22.7 Å². The summed E-state index contributed by atoms with van der Waals surface area (Å²) in [6.07, 6.45) is 5.74. The van der Waals surface area contributed by atoms with Crippen molar-refractivity contribution in [2.45, 2.75) is 72.5 Å². The Morgan fingerprint density at radius 1 is 0.912 bits per heavy atom. The maximum atomic E-state index is 10.5. The molecule has 0 saturated heterocycles. The van der Waals surface area contributed by atoms with Gasteiger partial charge in [0.25, 0.3) is 0 Å². The first kappa shape index (κ1) is 27.0. The number of fused-ring (bicyclic) bond motifs is 2. The number of nitrogens with zero attached hydrogens (tertiary/aromatic N) is 1. The molecule has 1 aromatic heterocycles. The van der Waals surface area contributed by atoms with Crippen LogP contribution in [0.15, 0.2) is 54.7 Å². The van der Waals surface area contributed by atoms with E-state index < -0.39 is 0 Å². The zero-order valence-corrected chi connectivity index (χ0v) is 23.4. The molecule has 2 aliphatic rings. The second-order valence-electron chi connectivity index (χ2n) is 11.4. The van der Waals surface area contributed by atoms with Gasteiger partial charge in [-0.2, -0.15) is 0 Å². The second kappa shape index (κ2) is 10.6. The molecule has 4 heteroatoms. The van der Waals surface area contributed by atoms with Gasteiger partial charge in [-0.15, -0.1) is 35.9 Å². The van der Waals surface area contributed by atoms with Gasteiger partial charge in [-0.3, -0.25) is 0 Å². The molecule has 4 atom stereocenters. The summed E-state index contributed by atoms with van der Waals surface area (Å²) in [5.74, 6) is 0.606. The fourth-order valence-electron chi connectivity index (χ4n) is 6.01. The molecule has 4 unspecified atom stereocenters. The van der Waals surface area contributed by atoms with Crippen LogP contribution in [0.4, 0.5) is 0 Å². The van der Waals surface area contributed by atoms with Gasteiger partial charge in [-0.25, -0.2) is 0 Å². The standard InChI is InChI=1S/C16H12N.C14H26O2.Ir/c1-12-11-17-16(13-7-3-2-4-8-13)15-10-6-5-9-14(12)15;1-13(2)7-5-6-9-8-14(3,4)12(16)10(9)11(13)15;/h2-7,9-11H,1H3;9-12,15-16H,5-8H2,1-4H3;/q-1;;. The number of aliphatic hydroxyl groups is 2. The Hall–Kier alpha value is -1.58. The quantitative estimate of drug-likeness (QED) is 0.297. The van der Waals surface area contributed by atoms with Crippen LogP contribution in [-0.2, 0) is 20.1 Å². The summed E-state index contributed by atoms with van der Waals surface area (Å²) in [7, 11) is 0. The monoisotopic (exact) mass is 637 g/mol. The van der Waals surface area contributed by atoms with Crippen LogP contribution in [0.5, 0.6) is 0 Å². The van der Waals surface area contributed by atoms with Gasteiger partial charge in [0, 0.05) is 32.2 Å². The van der Waals surface area contributed by atoms with Crippen molar-refractivity contribution < 1.29 is 30.3 Å². The van der Waals surface area contributed by atoms with E-state index in [0.717, 1.165) is 24.1 Å². The van der Waals surface area contributed by atoms with Crippen LogP contribution in [0.2, 0.25) is 0 Å². The van der Waals surface area contributed by atoms with Crippen LogP contribution >= 0.6 is 0 Å². The molecule has 0 aliphatic heterocycles. The third-order valence-electron chi connectivity index (χ3n) is 8.02. The molecule has 3 aromatic rings. The van der Waals surface area contributed by atoms with Crippen LogP contribution < -0.4 is 0 Å². The van der Waals surface area contributed by atoms with Crippen LogP contribution in [0.25, 0.3) is 22.0 Å². The van der Waals surface area contributed by atoms with Gasteiger partial charge in [0.2, 0.25) is 0 Å². The SMILES string of the molecule is CC1(C)CCCC2CC(C)(C)C(O)C2C1O.Cc1cnc(-c2[c-]cccc2)c2ccccc12.[Ir]. The molecule has 2 aliphatic carbocycles. The third kappa shape index (κ3) is 5.31. The molecule has 2 N–H and O–H groups in total. The number of rotatable bonds is 1. The van der Waals surface area contributed by atoms with E-state index in [2.05, 4.69) is 69.9 Å². The van der Waals surface area contributed by atoms with E-state index in [4.69, 9.17) is 0 Å². The first-order valence-corrected chi connectivity index (χ1v) is 12.3. The summed E-state index contributed by atoms with van der Waals surface area (Å²) in [5.41, 5.74) is 3.20. The summed E-state index contributed by atoms with van der Waals surface area (Å²) >= 11 is 0. The smallest absolute Gasteiger partial charge is 0.0646 e. The average Bonchev–Trinajstić information content (AvgIpc) is 2.95. The number of pyridine rings is 1. The topological polar surface area (TPSA) is 53.4 Å². The average molecular weight is 637 g/mol. The molecule has 1 radical (unpaired) electrons. The van der Waals surface area contributed by atoms with Crippen molar-refractivity contribution in [3.05, 3.63) is 66.4 Å². The van der Waals surface area contributed by atoms with Gasteiger partial charge < -0.3 is 15.2 Å². The number of hydrogen-bond donors (Lipinski definition) is 2. The van der Waals surface area contributed by atoms with Crippen LogP contribution in [0.3, 0.4) is 0 Å². The molecule has 1 heterocycles. The predicted octanol–water partition coefficient (Wildman–Crippen LogP) is 6.59. The number of aryl methyl sites for hydroxylation is 1. The molecule has 2 aromatic carbocycles. The van der Waals surface area contributed by atoms with E-state index in [-0.39, 0.29) is 49.1 Å². The summed E-state index contributed by atoms with van der Waals surface area (Å²) in [6, 6.07) is 19.6. The molecule has 5 rings (SSSR count). The number of hydrogen-bond acceptors (Lipinski definition) is 3. The van der Waals surface area contributed by atoms with Gasteiger partial charge in [0.15, 0.2) is 0 Å². The normalized spacial score (nSPS) is 27.0. The summed E-state index contributed by atoms with van der Waals surface area (Å²) in [4.78, 5) is 4.55. The molecule has 0 spiro atoms. The molecule has 34 heavy (non-hydrogen) atoms. The molecule has 185 valence electrons. The van der Waals surface area contributed by atoms with E-state index >= 15 is 0 Å². The van der Waals surface area contributed by atoms with Gasteiger partial charge in [-0.05, 0) is 65.0 Å². The van der Waals surface area contributed by atoms with Gasteiger partial charge in [-0.1, -0.05) is 58.4 Å². The number of aliphatic hydroxyl groups excluding tert-OH is 2. The molecule has 0 bridgehead atoms. The fraction of sp³-hybridized carbons (Fsp3) is 0.500. The van der Waals surface area contributed by atoms with Crippen molar-refractivity contribution >= 4 is 10.8 Å².